The molecular weight excluding hydrogens is 384 g/mol. The van der Waals surface area contributed by atoms with Crippen molar-refractivity contribution in [3.05, 3.63) is 88.4 Å². The Kier molecular flexibility index (Phi) is 5.94. The minimum absolute atomic E-state index is 0.0249. The van der Waals surface area contributed by atoms with Crippen molar-refractivity contribution in [3.8, 4) is 0 Å². The molecule has 2 heterocycles. The lowest BCUT2D eigenvalue weighted by molar-refractivity contribution is 0.0952. The standard InChI is InChI=1S/C26H30N4O/c1-18-15-19(2)30(28-18)14-8-13-27-26(31)23-11-12-25-24(16-23)20(3)21(4)29(25)17-22-9-6-5-7-10-22/h5-7,9-12,15-16H,8,13-14,17H2,1-4H3,(H,27,31). The molecule has 1 N–H and O–H groups in total. The Hall–Kier alpha value is -3.34. The normalized spacial score (nSPS) is 11.2. The molecule has 0 saturated carbocycles. The van der Waals surface area contributed by atoms with Gasteiger partial charge < -0.3 is 9.88 Å². The molecule has 2 aromatic heterocycles. The SMILES string of the molecule is Cc1cc(C)n(CCCNC(=O)c2ccc3c(c2)c(C)c(C)n3Cc2ccccc2)n1. The molecule has 160 valence electrons. The van der Waals surface area contributed by atoms with E-state index >= 15 is 0 Å². The second-order valence-corrected chi connectivity index (χ2v) is 8.27. The number of benzene rings is 2. The van der Waals surface area contributed by atoms with Gasteiger partial charge in [-0.25, -0.2) is 0 Å². The fourth-order valence-corrected chi connectivity index (χ4v) is 4.19. The summed E-state index contributed by atoms with van der Waals surface area (Å²) in [6.45, 7) is 10.6. The summed E-state index contributed by atoms with van der Waals surface area (Å²) in [5.41, 5.74) is 7.79. The van der Waals surface area contributed by atoms with Gasteiger partial charge in [0.05, 0.1) is 5.69 Å². The van der Waals surface area contributed by atoms with Crippen LogP contribution in [0.25, 0.3) is 10.9 Å². The second kappa shape index (κ2) is 8.80. The van der Waals surface area contributed by atoms with Crippen molar-refractivity contribution >= 4 is 16.8 Å². The van der Waals surface area contributed by atoms with E-state index in [0.717, 1.165) is 36.3 Å². The van der Waals surface area contributed by atoms with E-state index in [1.54, 1.807) is 0 Å². The monoisotopic (exact) mass is 414 g/mol. The van der Waals surface area contributed by atoms with Gasteiger partial charge in [0.2, 0.25) is 0 Å². The molecule has 0 unspecified atom stereocenters. The van der Waals surface area contributed by atoms with Gasteiger partial charge in [-0.05, 0) is 69.5 Å². The van der Waals surface area contributed by atoms with Crippen molar-refractivity contribution < 1.29 is 4.79 Å². The van der Waals surface area contributed by atoms with E-state index in [-0.39, 0.29) is 5.91 Å². The third-order valence-corrected chi connectivity index (χ3v) is 6.02. The molecule has 0 atom stereocenters. The van der Waals surface area contributed by atoms with Crippen molar-refractivity contribution in [2.45, 2.75) is 47.2 Å². The van der Waals surface area contributed by atoms with Gasteiger partial charge in [0, 0.05) is 47.5 Å². The van der Waals surface area contributed by atoms with Crippen LogP contribution in [-0.4, -0.2) is 26.8 Å². The van der Waals surface area contributed by atoms with Gasteiger partial charge in [0.25, 0.3) is 5.91 Å². The first-order valence-corrected chi connectivity index (χ1v) is 10.9. The van der Waals surface area contributed by atoms with Crippen molar-refractivity contribution in [3.63, 3.8) is 0 Å². The molecule has 0 aliphatic heterocycles. The maximum atomic E-state index is 12.7. The van der Waals surface area contributed by atoms with Gasteiger partial charge in [0.15, 0.2) is 0 Å². The minimum atomic E-state index is -0.0249. The van der Waals surface area contributed by atoms with Gasteiger partial charge in [-0.1, -0.05) is 30.3 Å². The van der Waals surface area contributed by atoms with Crippen LogP contribution in [0, 0.1) is 27.7 Å². The van der Waals surface area contributed by atoms with Crippen molar-refractivity contribution in [1.29, 1.82) is 0 Å². The van der Waals surface area contributed by atoms with E-state index in [1.807, 2.05) is 29.8 Å². The molecule has 5 nitrogen and oxygen atoms in total. The topological polar surface area (TPSA) is 51.9 Å². The molecule has 0 fully saturated rings. The van der Waals surface area contributed by atoms with Gasteiger partial charge in [-0.15, -0.1) is 0 Å². The first-order valence-electron chi connectivity index (χ1n) is 10.9. The van der Waals surface area contributed by atoms with Gasteiger partial charge in [0.1, 0.15) is 0 Å². The van der Waals surface area contributed by atoms with E-state index in [4.69, 9.17) is 0 Å². The molecule has 0 radical (unpaired) electrons. The van der Waals surface area contributed by atoms with Crippen LogP contribution in [0.1, 0.15) is 45.0 Å². The highest BCUT2D eigenvalue weighted by molar-refractivity contribution is 5.99. The number of rotatable bonds is 7. The average molecular weight is 415 g/mol. The summed E-state index contributed by atoms with van der Waals surface area (Å²) in [7, 11) is 0. The fraction of sp³-hybridized carbons (Fsp3) is 0.308. The number of nitrogens with one attached hydrogen (secondary N) is 1. The Bertz CT molecular complexity index is 1220. The smallest absolute Gasteiger partial charge is 0.251 e. The summed E-state index contributed by atoms with van der Waals surface area (Å²) in [5, 5.41) is 8.67. The lowest BCUT2D eigenvalue weighted by Crippen LogP contribution is -2.25. The van der Waals surface area contributed by atoms with E-state index < -0.39 is 0 Å². The zero-order chi connectivity index (χ0) is 22.0. The Morgan fingerprint density at radius 2 is 1.77 bits per heavy atom. The highest BCUT2D eigenvalue weighted by Gasteiger charge is 2.14. The van der Waals surface area contributed by atoms with Crippen LogP contribution in [0.15, 0.2) is 54.6 Å². The summed E-state index contributed by atoms with van der Waals surface area (Å²) in [6.07, 6.45) is 0.849. The number of aromatic nitrogens is 3. The highest BCUT2D eigenvalue weighted by atomic mass is 16.1. The quantitative estimate of drug-likeness (QED) is 0.436. The van der Waals surface area contributed by atoms with Crippen LogP contribution in [0.4, 0.5) is 0 Å². The summed E-state index contributed by atoms with van der Waals surface area (Å²) in [6, 6.07) is 18.6. The zero-order valence-corrected chi connectivity index (χ0v) is 18.8. The summed E-state index contributed by atoms with van der Waals surface area (Å²) in [4.78, 5) is 12.7. The number of carbonyl (C=O) groups is 1. The predicted octanol–water partition coefficient (Wildman–Crippen LogP) is 4.94. The summed E-state index contributed by atoms with van der Waals surface area (Å²) < 4.78 is 4.32. The van der Waals surface area contributed by atoms with Crippen LogP contribution >= 0.6 is 0 Å². The summed E-state index contributed by atoms with van der Waals surface area (Å²) >= 11 is 0. The Balaban J connectivity index is 1.45. The molecular formula is C26H30N4O. The third-order valence-electron chi connectivity index (χ3n) is 6.02. The molecule has 0 bridgehead atoms. The third kappa shape index (κ3) is 4.41. The molecule has 4 aromatic rings. The van der Waals surface area contributed by atoms with Gasteiger partial charge >= 0.3 is 0 Å². The number of amides is 1. The molecule has 0 aliphatic carbocycles. The molecule has 1 amide bonds. The van der Waals surface area contributed by atoms with E-state index in [0.29, 0.717) is 12.1 Å². The largest absolute Gasteiger partial charge is 0.352 e. The fourth-order valence-electron chi connectivity index (χ4n) is 4.19. The Morgan fingerprint density at radius 1 is 1.00 bits per heavy atom. The van der Waals surface area contributed by atoms with Gasteiger partial charge in [-0.3, -0.25) is 9.48 Å². The van der Waals surface area contributed by atoms with Crippen LogP contribution < -0.4 is 5.32 Å². The molecule has 0 spiro atoms. The number of carbonyl (C=O) groups excluding carboxylic acids is 1. The van der Waals surface area contributed by atoms with E-state index in [1.165, 1.54) is 22.3 Å². The van der Waals surface area contributed by atoms with E-state index in [2.05, 4.69) is 72.2 Å². The Morgan fingerprint density at radius 3 is 2.48 bits per heavy atom. The number of nitrogens with zero attached hydrogens (tertiary/aromatic N) is 3. The van der Waals surface area contributed by atoms with Crippen molar-refractivity contribution in [1.82, 2.24) is 19.7 Å². The van der Waals surface area contributed by atoms with Crippen LogP contribution in [-0.2, 0) is 13.1 Å². The lowest BCUT2D eigenvalue weighted by Gasteiger charge is -2.09. The number of hydrogen-bond acceptors (Lipinski definition) is 2. The number of hydrogen-bond donors (Lipinski definition) is 1. The molecule has 4 rings (SSSR count). The molecule has 0 saturated heterocycles. The highest BCUT2D eigenvalue weighted by Crippen LogP contribution is 2.27. The van der Waals surface area contributed by atoms with Crippen molar-refractivity contribution in [2.24, 2.45) is 0 Å². The molecule has 2 aromatic carbocycles. The first kappa shape index (κ1) is 20.9. The second-order valence-electron chi connectivity index (χ2n) is 8.27. The van der Waals surface area contributed by atoms with E-state index in [9.17, 15) is 4.79 Å². The average Bonchev–Trinajstić information content (AvgIpc) is 3.21. The van der Waals surface area contributed by atoms with Crippen molar-refractivity contribution in [2.75, 3.05) is 6.54 Å². The summed E-state index contributed by atoms with van der Waals surface area (Å²) in [5.74, 6) is -0.0249. The predicted molar refractivity (Wildman–Crippen MR) is 126 cm³/mol. The Labute approximate surface area is 183 Å². The minimum Gasteiger partial charge on any atom is -0.352 e. The van der Waals surface area contributed by atoms with Crippen LogP contribution in [0.3, 0.4) is 0 Å². The number of fused-ring (bicyclic) bond motifs is 1. The molecule has 31 heavy (non-hydrogen) atoms. The lowest BCUT2D eigenvalue weighted by atomic mass is 10.1. The first-order chi connectivity index (χ1) is 14.9. The van der Waals surface area contributed by atoms with Crippen LogP contribution in [0.2, 0.25) is 0 Å². The molecule has 0 aliphatic rings. The maximum absolute atomic E-state index is 12.7. The number of aryl methyl sites for hydroxylation is 4. The zero-order valence-electron chi connectivity index (χ0n) is 18.8. The van der Waals surface area contributed by atoms with Crippen LogP contribution in [0.5, 0.6) is 0 Å². The van der Waals surface area contributed by atoms with Gasteiger partial charge in [-0.2, -0.15) is 5.10 Å². The maximum Gasteiger partial charge on any atom is 0.251 e. The molecule has 5 heteroatoms.